The van der Waals surface area contributed by atoms with Crippen LogP contribution < -0.4 is 10.1 Å². The van der Waals surface area contributed by atoms with Crippen molar-refractivity contribution < 1.29 is 9.53 Å². The summed E-state index contributed by atoms with van der Waals surface area (Å²) in [5.74, 6) is 0.427. The van der Waals surface area contributed by atoms with Crippen molar-refractivity contribution >= 4 is 35.0 Å². The third-order valence-corrected chi connectivity index (χ3v) is 4.13. The number of carbonyl (C=O) groups is 1. The second-order valence-corrected chi connectivity index (χ2v) is 5.95. The van der Waals surface area contributed by atoms with Gasteiger partial charge in [-0.25, -0.2) is 0 Å². The van der Waals surface area contributed by atoms with E-state index in [1.54, 1.807) is 36.0 Å². The third-order valence-electron chi connectivity index (χ3n) is 3.10. The van der Waals surface area contributed by atoms with E-state index in [9.17, 15) is 4.79 Å². The van der Waals surface area contributed by atoms with Crippen molar-refractivity contribution in [2.24, 2.45) is 0 Å². The van der Waals surface area contributed by atoms with Crippen LogP contribution in [0.1, 0.15) is 13.3 Å². The number of rotatable bonds is 6. The minimum atomic E-state index is -0.562. The van der Waals surface area contributed by atoms with Crippen LogP contribution >= 0.6 is 23.4 Å². The lowest BCUT2D eigenvalue weighted by atomic mass is 10.2. The van der Waals surface area contributed by atoms with Crippen LogP contribution in [0.25, 0.3) is 0 Å². The molecule has 1 N–H and O–H groups in total. The summed E-state index contributed by atoms with van der Waals surface area (Å²) in [7, 11) is 0. The Morgan fingerprint density at radius 1 is 1.27 bits per heavy atom. The van der Waals surface area contributed by atoms with Crippen molar-refractivity contribution in [2.75, 3.05) is 11.6 Å². The van der Waals surface area contributed by atoms with Gasteiger partial charge in [-0.05, 0) is 43.0 Å². The molecule has 1 atom stereocenters. The first kappa shape index (κ1) is 16.7. The maximum Gasteiger partial charge on any atom is 0.265 e. The van der Waals surface area contributed by atoms with E-state index in [-0.39, 0.29) is 5.91 Å². The molecule has 0 radical (unpaired) electrons. The zero-order chi connectivity index (χ0) is 15.9. The molecule has 22 heavy (non-hydrogen) atoms. The van der Waals surface area contributed by atoms with Crippen molar-refractivity contribution in [3.63, 3.8) is 0 Å². The van der Waals surface area contributed by atoms with Crippen LogP contribution in [-0.4, -0.2) is 18.3 Å². The van der Waals surface area contributed by atoms with Gasteiger partial charge in [-0.1, -0.05) is 36.7 Å². The van der Waals surface area contributed by atoms with Gasteiger partial charge in [-0.3, -0.25) is 4.79 Å². The minimum Gasteiger partial charge on any atom is -0.481 e. The van der Waals surface area contributed by atoms with E-state index in [2.05, 4.69) is 5.32 Å². The Kier molecular flexibility index (Phi) is 6.16. The predicted molar refractivity (Wildman–Crippen MR) is 93.0 cm³/mol. The van der Waals surface area contributed by atoms with Gasteiger partial charge in [0, 0.05) is 9.92 Å². The largest absolute Gasteiger partial charge is 0.481 e. The lowest BCUT2D eigenvalue weighted by Crippen LogP contribution is -2.32. The summed E-state index contributed by atoms with van der Waals surface area (Å²) in [6.45, 7) is 1.91. The highest BCUT2D eigenvalue weighted by Gasteiger charge is 2.19. The summed E-state index contributed by atoms with van der Waals surface area (Å²) in [5, 5.41) is 3.51. The number of para-hydroxylation sites is 1. The molecule has 0 heterocycles. The highest BCUT2D eigenvalue weighted by Crippen LogP contribution is 2.25. The first-order chi connectivity index (χ1) is 10.6. The molecular formula is C17H18ClNO2S. The number of anilines is 1. The molecular weight excluding hydrogens is 318 g/mol. The first-order valence-corrected chi connectivity index (χ1v) is 8.60. The molecule has 0 bridgehead atoms. The summed E-state index contributed by atoms with van der Waals surface area (Å²) < 4.78 is 5.75. The van der Waals surface area contributed by atoms with Crippen molar-refractivity contribution in [1.82, 2.24) is 0 Å². The number of carbonyl (C=O) groups excluding carboxylic acids is 1. The molecule has 2 aromatic rings. The van der Waals surface area contributed by atoms with Gasteiger partial charge in [-0.2, -0.15) is 0 Å². The van der Waals surface area contributed by atoms with Crippen molar-refractivity contribution in [1.29, 1.82) is 0 Å². The van der Waals surface area contributed by atoms with Gasteiger partial charge >= 0.3 is 0 Å². The number of hydrogen-bond donors (Lipinski definition) is 1. The van der Waals surface area contributed by atoms with Gasteiger partial charge in [0.2, 0.25) is 0 Å². The minimum absolute atomic E-state index is 0.163. The fourth-order valence-corrected chi connectivity index (χ4v) is 2.72. The predicted octanol–water partition coefficient (Wildman–Crippen LogP) is 4.86. The average Bonchev–Trinajstić information content (AvgIpc) is 2.53. The lowest BCUT2D eigenvalue weighted by molar-refractivity contribution is -0.122. The number of nitrogens with one attached hydrogen (secondary N) is 1. The molecule has 0 spiro atoms. The summed E-state index contributed by atoms with van der Waals surface area (Å²) >= 11 is 7.53. The van der Waals surface area contributed by atoms with E-state index >= 15 is 0 Å². The van der Waals surface area contributed by atoms with Crippen molar-refractivity contribution in [3.05, 3.63) is 53.6 Å². The molecule has 0 aliphatic heterocycles. The van der Waals surface area contributed by atoms with Crippen molar-refractivity contribution in [2.45, 2.75) is 24.3 Å². The number of halogens is 1. The fraction of sp³-hybridized carbons (Fsp3) is 0.235. The van der Waals surface area contributed by atoms with E-state index in [0.29, 0.717) is 17.2 Å². The van der Waals surface area contributed by atoms with Gasteiger partial charge in [0.1, 0.15) is 5.75 Å². The summed E-state index contributed by atoms with van der Waals surface area (Å²) in [6.07, 6.45) is 1.98. The zero-order valence-electron chi connectivity index (χ0n) is 12.5. The smallest absolute Gasteiger partial charge is 0.265 e. The number of ether oxygens (including phenoxy) is 1. The standard InChI is InChI=1S/C17H18ClNO2S/c1-3-15(21-13-8-6-7-12(18)11-13)17(20)19-14-9-4-5-10-16(14)22-2/h4-11,15H,3H2,1-2H3,(H,19,20). The molecule has 2 rings (SSSR count). The van der Waals surface area contributed by atoms with Crippen LogP contribution in [-0.2, 0) is 4.79 Å². The zero-order valence-corrected chi connectivity index (χ0v) is 14.1. The molecule has 0 fully saturated rings. The van der Waals surface area contributed by atoms with Crippen LogP contribution in [0.4, 0.5) is 5.69 Å². The number of amides is 1. The average molecular weight is 336 g/mol. The maximum absolute atomic E-state index is 12.4. The Bertz CT molecular complexity index is 648. The molecule has 3 nitrogen and oxygen atoms in total. The van der Waals surface area contributed by atoms with Crippen molar-refractivity contribution in [3.8, 4) is 5.75 Å². The Labute approximate surface area is 140 Å². The SMILES string of the molecule is CCC(Oc1cccc(Cl)c1)C(=O)Nc1ccccc1SC. The van der Waals surface area contributed by atoms with Crippen LogP contribution in [0.3, 0.4) is 0 Å². The number of hydrogen-bond acceptors (Lipinski definition) is 3. The van der Waals surface area contributed by atoms with Gasteiger partial charge in [0.05, 0.1) is 5.69 Å². The maximum atomic E-state index is 12.4. The highest BCUT2D eigenvalue weighted by molar-refractivity contribution is 7.98. The fourth-order valence-electron chi connectivity index (χ4n) is 1.99. The second kappa shape index (κ2) is 8.11. The highest BCUT2D eigenvalue weighted by atomic mass is 35.5. The summed E-state index contributed by atoms with van der Waals surface area (Å²) in [6, 6.07) is 14.8. The topological polar surface area (TPSA) is 38.3 Å². The van der Waals surface area contributed by atoms with Gasteiger partial charge < -0.3 is 10.1 Å². The molecule has 0 aliphatic rings. The Balaban J connectivity index is 2.09. The van der Waals surface area contributed by atoms with Gasteiger partial charge in [0.25, 0.3) is 5.91 Å². The normalized spacial score (nSPS) is 11.8. The monoisotopic (exact) mass is 335 g/mol. The van der Waals surface area contributed by atoms with Gasteiger partial charge in [-0.15, -0.1) is 11.8 Å². The first-order valence-electron chi connectivity index (χ1n) is 7.00. The Hall–Kier alpha value is -1.65. The van der Waals surface area contributed by atoms with E-state index in [1.807, 2.05) is 37.4 Å². The number of thioether (sulfide) groups is 1. The molecule has 0 saturated heterocycles. The lowest BCUT2D eigenvalue weighted by Gasteiger charge is -2.18. The van der Waals surface area contributed by atoms with E-state index in [4.69, 9.17) is 16.3 Å². The van der Waals surface area contributed by atoms with Gasteiger partial charge in [0.15, 0.2) is 6.10 Å². The molecule has 116 valence electrons. The number of benzene rings is 2. The summed E-state index contributed by atoms with van der Waals surface area (Å²) in [5.41, 5.74) is 0.799. The molecule has 1 amide bonds. The van der Waals surface area contributed by atoms with E-state index < -0.39 is 6.10 Å². The van der Waals surface area contributed by atoms with Crippen LogP contribution in [0, 0.1) is 0 Å². The molecule has 0 aliphatic carbocycles. The molecule has 5 heteroatoms. The van der Waals surface area contributed by atoms with E-state index in [1.165, 1.54) is 0 Å². The van der Waals surface area contributed by atoms with Crippen LogP contribution in [0.15, 0.2) is 53.4 Å². The van der Waals surface area contributed by atoms with Crippen LogP contribution in [0.2, 0.25) is 5.02 Å². The quantitative estimate of drug-likeness (QED) is 0.766. The molecule has 0 saturated carbocycles. The summed E-state index contributed by atoms with van der Waals surface area (Å²) in [4.78, 5) is 13.4. The van der Waals surface area contributed by atoms with E-state index in [0.717, 1.165) is 10.6 Å². The molecule has 1 unspecified atom stereocenters. The molecule has 2 aromatic carbocycles. The Morgan fingerprint density at radius 3 is 2.73 bits per heavy atom. The van der Waals surface area contributed by atoms with Crippen LogP contribution in [0.5, 0.6) is 5.75 Å². The third kappa shape index (κ3) is 4.42. The molecule has 0 aromatic heterocycles. The Morgan fingerprint density at radius 2 is 2.05 bits per heavy atom. The second-order valence-electron chi connectivity index (χ2n) is 4.66.